The number of anilines is 2. The number of rotatable bonds is 7. The van der Waals surface area contributed by atoms with Gasteiger partial charge in [0, 0.05) is 73.8 Å². The van der Waals surface area contributed by atoms with Gasteiger partial charge in [0.15, 0.2) is 0 Å². The van der Waals surface area contributed by atoms with Crippen LogP contribution in [0.1, 0.15) is 32.6 Å². The maximum atomic E-state index is 13.0. The predicted octanol–water partition coefficient (Wildman–Crippen LogP) is 4.09. The predicted molar refractivity (Wildman–Crippen MR) is 143 cm³/mol. The standard InChI is InChI=1S/C27H30N6OS/c1-2-20-16-24(27(34)31-17-19-3-4-23-21(15-19)5-10-30-26(23)28)35-25(20)18-32-11-13-33(14-12-32)22-6-8-29-9-7-22/h3-10,15-16H,2,11-14,17-18H2,1H3,(H2,28,30)(H,31,34). The van der Waals surface area contributed by atoms with Crippen molar-refractivity contribution in [1.82, 2.24) is 20.2 Å². The molecule has 0 aliphatic carbocycles. The van der Waals surface area contributed by atoms with E-state index in [1.165, 1.54) is 16.1 Å². The number of fused-ring (bicyclic) bond motifs is 1. The molecule has 1 aliphatic heterocycles. The molecule has 7 nitrogen and oxygen atoms in total. The molecule has 3 N–H and O–H groups in total. The van der Waals surface area contributed by atoms with Crippen LogP contribution in [0.15, 0.2) is 61.1 Å². The van der Waals surface area contributed by atoms with Gasteiger partial charge in [-0.3, -0.25) is 14.7 Å². The van der Waals surface area contributed by atoms with E-state index in [9.17, 15) is 4.79 Å². The lowest BCUT2D eigenvalue weighted by molar-refractivity contribution is 0.0955. The summed E-state index contributed by atoms with van der Waals surface area (Å²) in [7, 11) is 0. The molecular formula is C27H30N6OS. The third kappa shape index (κ3) is 5.28. The van der Waals surface area contributed by atoms with Crippen molar-refractivity contribution in [3.8, 4) is 0 Å². The van der Waals surface area contributed by atoms with Crippen molar-refractivity contribution in [2.24, 2.45) is 0 Å². The van der Waals surface area contributed by atoms with Gasteiger partial charge < -0.3 is 16.0 Å². The number of aryl methyl sites for hydroxylation is 1. The fourth-order valence-corrected chi connectivity index (χ4v) is 5.78. The molecule has 4 heterocycles. The van der Waals surface area contributed by atoms with Crippen molar-refractivity contribution in [1.29, 1.82) is 0 Å². The van der Waals surface area contributed by atoms with Crippen LogP contribution in [0.5, 0.6) is 0 Å². The van der Waals surface area contributed by atoms with Gasteiger partial charge in [0.2, 0.25) is 0 Å². The van der Waals surface area contributed by atoms with E-state index >= 15 is 0 Å². The summed E-state index contributed by atoms with van der Waals surface area (Å²) in [5, 5.41) is 5.04. The summed E-state index contributed by atoms with van der Waals surface area (Å²) in [6.45, 7) is 7.54. The van der Waals surface area contributed by atoms with Crippen LogP contribution in [0.2, 0.25) is 0 Å². The van der Waals surface area contributed by atoms with Gasteiger partial charge in [0.05, 0.1) is 4.88 Å². The topological polar surface area (TPSA) is 87.4 Å². The van der Waals surface area contributed by atoms with Crippen LogP contribution in [-0.4, -0.2) is 47.0 Å². The second-order valence-corrected chi connectivity index (χ2v) is 9.95. The van der Waals surface area contributed by atoms with Crippen LogP contribution in [0.25, 0.3) is 10.8 Å². The zero-order chi connectivity index (χ0) is 24.2. The number of hydrogen-bond acceptors (Lipinski definition) is 7. The van der Waals surface area contributed by atoms with Crippen molar-refractivity contribution in [2.75, 3.05) is 36.8 Å². The Kier molecular flexibility index (Phi) is 6.92. The summed E-state index contributed by atoms with van der Waals surface area (Å²) in [4.78, 5) is 28.2. The van der Waals surface area contributed by atoms with Gasteiger partial charge in [0.1, 0.15) is 5.82 Å². The summed E-state index contributed by atoms with van der Waals surface area (Å²) in [6, 6.07) is 14.1. The van der Waals surface area contributed by atoms with Gasteiger partial charge in [-0.1, -0.05) is 19.1 Å². The first-order valence-electron chi connectivity index (χ1n) is 12.0. The van der Waals surface area contributed by atoms with Crippen LogP contribution < -0.4 is 16.0 Å². The molecule has 1 fully saturated rings. The van der Waals surface area contributed by atoms with Crippen LogP contribution >= 0.6 is 11.3 Å². The molecule has 0 saturated carbocycles. The zero-order valence-corrected chi connectivity index (χ0v) is 20.7. The molecule has 5 rings (SSSR count). The van der Waals surface area contributed by atoms with Gasteiger partial charge >= 0.3 is 0 Å². The highest BCUT2D eigenvalue weighted by molar-refractivity contribution is 7.14. The lowest BCUT2D eigenvalue weighted by atomic mass is 10.1. The van der Waals surface area contributed by atoms with E-state index in [1.807, 2.05) is 30.6 Å². The lowest BCUT2D eigenvalue weighted by Gasteiger charge is -2.36. The second-order valence-electron chi connectivity index (χ2n) is 8.82. The smallest absolute Gasteiger partial charge is 0.261 e. The molecule has 1 amide bonds. The number of piperazine rings is 1. The summed E-state index contributed by atoms with van der Waals surface area (Å²) in [6.07, 6.45) is 6.33. The van der Waals surface area contributed by atoms with Crippen molar-refractivity contribution >= 4 is 39.5 Å². The average Bonchev–Trinajstić information content (AvgIpc) is 3.31. The Bertz CT molecular complexity index is 1310. The Balaban J connectivity index is 1.19. The number of pyridine rings is 2. The summed E-state index contributed by atoms with van der Waals surface area (Å²) >= 11 is 1.62. The highest BCUT2D eigenvalue weighted by Crippen LogP contribution is 2.26. The Morgan fingerprint density at radius 3 is 2.63 bits per heavy atom. The molecular weight excluding hydrogens is 456 g/mol. The number of aromatic nitrogens is 2. The SMILES string of the molecule is CCc1cc(C(=O)NCc2ccc3c(N)nccc3c2)sc1CN1CCN(c2ccncc2)CC1. The molecule has 0 unspecified atom stereocenters. The molecule has 0 atom stereocenters. The summed E-state index contributed by atoms with van der Waals surface area (Å²) in [5.41, 5.74) is 9.49. The van der Waals surface area contributed by atoms with E-state index in [4.69, 9.17) is 5.73 Å². The van der Waals surface area contributed by atoms with E-state index in [0.717, 1.165) is 60.4 Å². The zero-order valence-electron chi connectivity index (χ0n) is 19.9. The maximum absolute atomic E-state index is 13.0. The molecule has 35 heavy (non-hydrogen) atoms. The minimum absolute atomic E-state index is 0.0206. The first-order chi connectivity index (χ1) is 17.1. The molecule has 1 saturated heterocycles. The monoisotopic (exact) mass is 486 g/mol. The Hall–Kier alpha value is -3.49. The van der Waals surface area contributed by atoms with Crippen molar-refractivity contribution in [3.05, 3.63) is 81.9 Å². The van der Waals surface area contributed by atoms with Crippen molar-refractivity contribution in [2.45, 2.75) is 26.4 Å². The number of nitrogen functional groups attached to an aromatic ring is 1. The van der Waals surface area contributed by atoms with Gasteiger partial charge in [-0.25, -0.2) is 4.98 Å². The number of nitrogens with one attached hydrogen (secondary N) is 1. The highest BCUT2D eigenvalue weighted by Gasteiger charge is 2.20. The lowest BCUT2D eigenvalue weighted by Crippen LogP contribution is -2.45. The van der Waals surface area contributed by atoms with E-state index in [0.29, 0.717) is 12.4 Å². The third-order valence-corrected chi connectivity index (χ3v) is 7.74. The molecule has 1 aromatic carbocycles. The number of amides is 1. The number of benzene rings is 1. The van der Waals surface area contributed by atoms with E-state index in [1.54, 1.807) is 17.5 Å². The van der Waals surface area contributed by atoms with Gasteiger partial charge in [-0.2, -0.15) is 0 Å². The van der Waals surface area contributed by atoms with Crippen molar-refractivity contribution < 1.29 is 4.79 Å². The van der Waals surface area contributed by atoms with E-state index in [-0.39, 0.29) is 5.91 Å². The molecule has 8 heteroatoms. The van der Waals surface area contributed by atoms with E-state index < -0.39 is 0 Å². The quantitative estimate of drug-likeness (QED) is 0.409. The Morgan fingerprint density at radius 2 is 1.86 bits per heavy atom. The van der Waals surface area contributed by atoms with E-state index in [2.05, 4.69) is 56.3 Å². The Morgan fingerprint density at radius 1 is 1.06 bits per heavy atom. The van der Waals surface area contributed by atoms with Crippen LogP contribution in [0.4, 0.5) is 11.5 Å². The number of carbonyl (C=O) groups excluding carboxylic acids is 1. The fraction of sp³-hybridized carbons (Fsp3) is 0.296. The molecule has 0 spiro atoms. The third-order valence-electron chi connectivity index (χ3n) is 6.58. The molecule has 0 radical (unpaired) electrons. The first kappa shape index (κ1) is 23.3. The fourth-order valence-electron chi connectivity index (χ4n) is 4.56. The average molecular weight is 487 g/mol. The molecule has 3 aromatic heterocycles. The molecule has 4 aromatic rings. The minimum atomic E-state index is -0.0206. The molecule has 180 valence electrons. The summed E-state index contributed by atoms with van der Waals surface area (Å²) < 4.78 is 0. The first-order valence-corrected chi connectivity index (χ1v) is 12.8. The van der Waals surface area contributed by atoms with Gasteiger partial charge in [-0.05, 0) is 53.3 Å². The van der Waals surface area contributed by atoms with Crippen molar-refractivity contribution in [3.63, 3.8) is 0 Å². The van der Waals surface area contributed by atoms with Crippen LogP contribution in [0, 0.1) is 0 Å². The second kappa shape index (κ2) is 10.4. The number of thiophene rings is 1. The number of nitrogens with zero attached hydrogens (tertiary/aromatic N) is 4. The molecule has 0 bridgehead atoms. The molecule has 1 aliphatic rings. The van der Waals surface area contributed by atoms with Gasteiger partial charge in [0.25, 0.3) is 5.91 Å². The largest absolute Gasteiger partial charge is 0.383 e. The number of hydrogen-bond donors (Lipinski definition) is 2. The Labute approximate surface area is 209 Å². The minimum Gasteiger partial charge on any atom is -0.383 e. The van der Waals surface area contributed by atoms with Crippen LogP contribution in [-0.2, 0) is 19.5 Å². The summed E-state index contributed by atoms with van der Waals surface area (Å²) in [5.74, 6) is 0.503. The number of carbonyl (C=O) groups is 1. The van der Waals surface area contributed by atoms with Gasteiger partial charge in [-0.15, -0.1) is 11.3 Å². The maximum Gasteiger partial charge on any atom is 0.261 e. The number of nitrogens with two attached hydrogens (primary N) is 1. The highest BCUT2D eigenvalue weighted by atomic mass is 32.1. The van der Waals surface area contributed by atoms with Crippen LogP contribution in [0.3, 0.4) is 0 Å². The normalized spacial score (nSPS) is 14.4.